The molecule has 1 amide bonds. The van der Waals surface area contributed by atoms with E-state index in [-0.39, 0.29) is 5.91 Å². The zero-order valence-electron chi connectivity index (χ0n) is 13.2. The first-order chi connectivity index (χ1) is 11.3. The van der Waals surface area contributed by atoms with Gasteiger partial charge in [-0.3, -0.25) is 4.79 Å². The highest BCUT2D eigenvalue weighted by atomic mass is 16.5. The van der Waals surface area contributed by atoms with Gasteiger partial charge in [-0.15, -0.1) is 0 Å². The van der Waals surface area contributed by atoms with Gasteiger partial charge in [-0.1, -0.05) is 36.4 Å². The van der Waals surface area contributed by atoms with Crippen molar-refractivity contribution in [3.63, 3.8) is 0 Å². The molecule has 1 aromatic heterocycles. The van der Waals surface area contributed by atoms with E-state index in [9.17, 15) is 4.79 Å². The summed E-state index contributed by atoms with van der Waals surface area (Å²) in [6.07, 6.45) is 2.70. The van der Waals surface area contributed by atoms with E-state index in [1.807, 2.05) is 65.4 Å². The SMILES string of the molecule is COc1ccccc1CCNC(=O)Cn1ccc2ccccc21. The van der Waals surface area contributed by atoms with Crippen LogP contribution in [-0.2, 0) is 17.8 Å². The third-order valence-corrected chi connectivity index (χ3v) is 3.90. The fourth-order valence-corrected chi connectivity index (χ4v) is 2.74. The smallest absolute Gasteiger partial charge is 0.239 e. The Balaban J connectivity index is 1.56. The first-order valence-corrected chi connectivity index (χ1v) is 7.70. The molecule has 3 aromatic rings. The molecule has 0 aliphatic rings. The number of rotatable bonds is 6. The zero-order chi connectivity index (χ0) is 16.1. The second-order valence-corrected chi connectivity index (χ2v) is 5.41. The number of nitrogens with one attached hydrogen (secondary N) is 1. The van der Waals surface area contributed by atoms with Crippen molar-refractivity contribution in [2.75, 3.05) is 13.7 Å². The van der Waals surface area contributed by atoms with Crippen LogP contribution < -0.4 is 10.1 Å². The van der Waals surface area contributed by atoms with Gasteiger partial charge < -0.3 is 14.6 Å². The van der Waals surface area contributed by atoms with Crippen molar-refractivity contribution < 1.29 is 9.53 Å². The fourth-order valence-electron chi connectivity index (χ4n) is 2.74. The molecule has 4 nitrogen and oxygen atoms in total. The van der Waals surface area contributed by atoms with Crippen molar-refractivity contribution in [2.24, 2.45) is 0 Å². The number of methoxy groups -OCH3 is 1. The number of aromatic nitrogens is 1. The van der Waals surface area contributed by atoms with Crippen LogP contribution in [-0.4, -0.2) is 24.1 Å². The second-order valence-electron chi connectivity index (χ2n) is 5.41. The standard InChI is InChI=1S/C19H20N2O2/c1-23-18-9-5-3-7-16(18)10-12-20-19(22)14-21-13-11-15-6-2-4-8-17(15)21/h2-9,11,13H,10,12,14H2,1H3,(H,20,22). The van der Waals surface area contributed by atoms with E-state index >= 15 is 0 Å². The predicted octanol–water partition coefficient (Wildman–Crippen LogP) is 3.01. The number of amides is 1. The normalized spacial score (nSPS) is 10.7. The molecule has 0 saturated heterocycles. The van der Waals surface area contributed by atoms with Gasteiger partial charge in [0.1, 0.15) is 12.3 Å². The van der Waals surface area contributed by atoms with Crippen LogP contribution in [0.1, 0.15) is 5.56 Å². The van der Waals surface area contributed by atoms with E-state index < -0.39 is 0 Å². The average Bonchev–Trinajstić information content (AvgIpc) is 2.98. The molecule has 0 atom stereocenters. The van der Waals surface area contributed by atoms with Crippen molar-refractivity contribution in [2.45, 2.75) is 13.0 Å². The van der Waals surface area contributed by atoms with Crippen LogP contribution >= 0.6 is 0 Å². The van der Waals surface area contributed by atoms with E-state index in [1.165, 1.54) is 0 Å². The Morgan fingerprint density at radius 2 is 1.87 bits per heavy atom. The van der Waals surface area contributed by atoms with E-state index in [4.69, 9.17) is 4.74 Å². The van der Waals surface area contributed by atoms with Crippen LogP contribution in [0.4, 0.5) is 0 Å². The predicted molar refractivity (Wildman–Crippen MR) is 91.6 cm³/mol. The Bertz CT molecular complexity index is 808. The number of benzene rings is 2. The highest BCUT2D eigenvalue weighted by Crippen LogP contribution is 2.17. The number of fused-ring (bicyclic) bond motifs is 1. The Labute approximate surface area is 135 Å². The van der Waals surface area contributed by atoms with Crippen LogP contribution in [0.5, 0.6) is 5.75 Å². The van der Waals surface area contributed by atoms with Crippen LogP contribution in [0.15, 0.2) is 60.8 Å². The summed E-state index contributed by atoms with van der Waals surface area (Å²) in [6, 6.07) is 18.0. The Hall–Kier alpha value is -2.75. The van der Waals surface area contributed by atoms with Crippen LogP contribution in [0.3, 0.4) is 0 Å². The average molecular weight is 308 g/mol. The summed E-state index contributed by atoms with van der Waals surface area (Å²) in [5.41, 5.74) is 2.18. The summed E-state index contributed by atoms with van der Waals surface area (Å²) < 4.78 is 7.29. The van der Waals surface area contributed by atoms with Gasteiger partial charge in [-0.2, -0.15) is 0 Å². The van der Waals surface area contributed by atoms with Gasteiger partial charge in [0.05, 0.1) is 7.11 Å². The molecule has 23 heavy (non-hydrogen) atoms. The molecule has 0 radical (unpaired) electrons. The number of carbonyl (C=O) groups is 1. The van der Waals surface area contributed by atoms with Crippen molar-refractivity contribution in [3.8, 4) is 5.75 Å². The molecule has 2 aromatic carbocycles. The van der Waals surface area contributed by atoms with Gasteiger partial charge in [0.2, 0.25) is 5.91 Å². The van der Waals surface area contributed by atoms with Crippen molar-refractivity contribution >= 4 is 16.8 Å². The Morgan fingerprint density at radius 1 is 1.09 bits per heavy atom. The van der Waals surface area contributed by atoms with Gasteiger partial charge in [0, 0.05) is 18.3 Å². The summed E-state index contributed by atoms with van der Waals surface area (Å²) >= 11 is 0. The summed E-state index contributed by atoms with van der Waals surface area (Å²) in [5.74, 6) is 0.874. The summed E-state index contributed by atoms with van der Waals surface area (Å²) in [7, 11) is 1.66. The van der Waals surface area contributed by atoms with Gasteiger partial charge in [0.15, 0.2) is 0 Å². The molecule has 0 bridgehead atoms. The summed E-state index contributed by atoms with van der Waals surface area (Å²) in [4.78, 5) is 12.1. The lowest BCUT2D eigenvalue weighted by atomic mass is 10.1. The van der Waals surface area contributed by atoms with Gasteiger partial charge in [-0.25, -0.2) is 0 Å². The monoisotopic (exact) mass is 308 g/mol. The maximum absolute atomic E-state index is 12.1. The van der Waals surface area contributed by atoms with E-state index in [0.29, 0.717) is 13.1 Å². The Morgan fingerprint density at radius 3 is 2.74 bits per heavy atom. The van der Waals surface area contributed by atoms with Crippen molar-refractivity contribution in [3.05, 3.63) is 66.4 Å². The quantitative estimate of drug-likeness (QED) is 0.760. The number of ether oxygens (including phenoxy) is 1. The van der Waals surface area contributed by atoms with E-state index in [0.717, 1.165) is 28.6 Å². The summed E-state index contributed by atoms with van der Waals surface area (Å²) in [5, 5.41) is 4.12. The molecule has 0 saturated carbocycles. The molecule has 4 heteroatoms. The van der Waals surface area contributed by atoms with Crippen LogP contribution in [0.25, 0.3) is 10.9 Å². The molecule has 0 unspecified atom stereocenters. The lowest BCUT2D eigenvalue weighted by molar-refractivity contribution is -0.121. The Kier molecular flexibility index (Phi) is 4.62. The molecule has 1 N–H and O–H groups in total. The van der Waals surface area contributed by atoms with Crippen molar-refractivity contribution in [1.29, 1.82) is 0 Å². The minimum Gasteiger partial charge on any atom is -0.496 e. The maximum atomic E-state index is 12.1. The van der Waals surface area contributed by atoms with E-state index in [1.54, 1.807) is 7.11 Å². The third kappa shape index (κ3) is 3.54. The number of hydrogen-bond donors (Lipinski definition) is 1. The minimum atomic E-state index is 0.0150. The highest BCUT2D eigenvalue weighted by Gasteiger charge is 2.06. The molecule has 0 aliphatic heterocycles. The molecule has 0 aliphatic carbocycles. The fraction of sp³-hybridized carbons (Fsp3) is 0.211. The molecule has 0 fully saturated rings. The maximum Gasteiger partial charge on any atom is 0.239 e. The molecule has 3 rings (SSSR count). The van der Waals surface area contributed by atoms with Crippen LogP contribution in [0.2, 0.25) is 0 Å². The number of hydrogen-bond acceptors (Lipinski definition) is 2. The third-order valence-electron chi connectivity index (χ3n) is 3.90. The highest BCUT2D eigenvalue weighted by molar-refractivity contribution is 5.83. The topological polar surface area (TPSA) is 43.3 Å². The largest absolute Gasteiger partial charge is 0.496 e. The number of carbonyl (C=O) groups excluding carboxylic acids is 1. The minimum absolute atomic E-state index is 0.0150. The molecule has 1 heterocycles. The lowest BCUT2D eigenvalue weighted by Gasteiger charge is -2.10. The first kappa shape index (κ1) is 15.2. The second kappa shape index (κ2) is 7.01. The summed E-state index contributed by atoms with van der Waals surface area (Å²) in [6.45, 7) is 0.928. The van der Waals surface area contributed by atoms with Crippen LogP contribution in [0, 0.1) is 0 Å². The zero-order valence-corrected chi connectivity index (χ0v) is 13.2. The molecular weight excluding hydrogens is 288 g/mol. The lowest BCUT2D eigenvalue weighted by Crippen LogP contribution is -2.29. The number of nitrogens with zero attached hydrogens (tertiary/aromatic N) is 1. The van der Waals surface area contributed by atoms with Gasteiger partial charge in [-0.05, 0) is 35.6 Å². The first-order valence-electron chi connectivity index (χ1n) is 7.70. The molecule has 118 valence electrons. The van der Waals surface area contributed by atoms with Gasteiger partial charge >= 0.3 is 0 Å². The van der Waals surface area contributed by atoms with Gasteiger partial charge in [0.25, 0.3) is 0 Å². The number of para-hydroxylation sites is 2. The van der Waals surface area contributed by atoms with Crippen molar-refractivity contribution in [1.82, 2.24) is 9.88 Å². The van der Waals surface area contributed by atoms with E-state index in [2.05, 4.69) is 5.32 Å². The molecular formula is C19H20N2O2. The molecule has 0 spiro atoms.